The molecule has 1 amide bonds. The molecular formula is C21H25N3O2S. The summed E-state index contributed by atoms with van der Waals surface area (Å²) < 4.78 is 7.21. The Bertz CT molecular complexity index is 926. The van der Waals surface area contributed by atoms with Crippen LogP contribution < -0.4 is 10.1 Å². The number of nitrogens with one attached hydrogen (secondary N) is 1. The number of ether oxygens (including phenoxy) is 1. The molecule has 1 N–H and O–H groups in total. The van der Waals surface area contributed by atoms with E-state index in [0.29, 0.717) is 13.1 Å². The smallest absolute Gasteiger partial charge is 0.239 e. The molecule has 0 aliphatic carbocycles. The van der Waals surface area contributed by atoms with Crippen molar-refractivity contribution in [2.24, 2.45) is 0 Å². The molecule has 1 aromatic carbocycles. The first-order valence-electron chi connectivity index (χ1n) is 8.97. The highest BCUT2D eigenvalue weighted by atomic mass is 32.1. The summed E-state index contributed by atoms with van der Waals surface area (Å²) in [5.41, 5.74) is 5.40. The van der Waals surface area contributed by atoms with Crippen molar-refractivity contribution < 1.29 is 9.53 Å². The van der Waals surface area contributed by atoms with Gasteiger partial charge in [-0.05, 0) is 51.0 Å². The quantitative estimate of drug-likeness (QED) is 0.673. The molecule has 0 atom stereocenters. The van der Waals surface area contributed by atoms with Crippen molar-refractivity contribution in [2.75, 3.05) is 13.7 Å². The fourth-order valence-corrected chi connectivity index (χ4v) is 3.74. The summed E-state index contributed by atoms with van der Waals surface area (Å²) in [5, 5.41) is 6.12. The number of hydrogen-bond acceptors (Lipinski definition) is 4. The van der Waals surface area contributed by atoms with E-state index in [1.54, 1.807) is 18.4 Å². The molecule has 3 aromatic rings. The van der Waals surface area contributed by atoms with Crippen LogP contribution in [0.5, 0.6) is 5.75 Å². The van der Waals surface area contributed by atoms with Crippen LogP contribution >= 0.6 is 11.3 Å². The van der Waals surface area contributed by atoms with E-state index in [9.17, 15) is 4.79 Å². The van der Waals surface area contributed by atoms with Gasteiger partial charge >= 0.3 is 0 Å². The molecule has 0 saturated carbocycles. The van der Waals surface area contributed by atoms with Crippen LogP contribution in [-0.4, -0.2) is 29.1 Å². The molecule has 0 fully saturated rings. The molecule has 0 aliphatic heterocycles. The van der Waals surface area contributed by atoms with Gasteiger partial charge in [0.05, 0.1) is 17.8 Å². The second-order valence-corrected chi connectivity index (χ2v) is 7.63. The highest BCUT2D eigenvalue weighted by Crippen LogP contribution is 2.27. The van der Waals surface area contributed by atoms with E-state index in [2.05, 4.69) is 21.7 Å². The third-order valence-electron chi connectivity index (χ3n) is 4.67. The summed E-state index contributed by atoms with van der Waals surface area (Å²) >= 11 is 1.64. The Hall–Kier alpha value is -2.60. The number of aryl methyl sites for hydroxylation is 2. The minimum Gasteiger partial charge on any atom is -0.497 e. The SMILES string of the molecule is COc1ccc(CCNC(=O)Cn2c(C)cc(-c3csc(C)n3)c2C)cc1. The van der Waals surface area contributed by atoms with Gasteiger partial charge in [-0.3, -0.25) is 4.79 Å². The zero-order valence-electron chi connectivity index (χ0n) is 16.2. The van der Waals surface area contributed by atoms with Crippen LogP contribution in [0.2, 0.25) is 0 Å². The van der Waals surface area contributed by atoms with E-state index in [4.69, 9.17) is 4.74 Å². The lowest BCUT2D eigenvalue weighted by atomic mass is 10.1. The first-order valence-corrected chi connectivity index (χ1v) is 9.84. The van der Waals surface area contributed by atoms with Gasteiger partial charge in [-0.15, -0.1) is 11.3 Å². The highest BCUT2D eigenvalue weighted by molar-refractivity contribution is 7.09. The van der Waals surface area contributed by atoms with Crippen LogP contribution in [0.15, 0.2) is 35.7 Å². The Morgan fingerprint density at radius 3 is 2.59 bits per heavy atom. The summed E-state index contributed by atoms with van der Waals surface area (Å²) in [6.07, 6.45) is 0.794. The van der Waals surface area contributed by atoms with Gasteiger partial charge in [0.1, 0.15) is 12.3 Å². The average Bonchev–Trinajstić information content (AvgIpc) is 3.20. The van der Waals surface area contributed by atoms with E-state index < -0.39 is 0 Å². The molecule has 2 aromatic heterocycles. The lowest BCUT2D eigenvalue weighted by Crippen LogP contribution is -2.30. The monoisotopic (exact) mass is 383 g/mol. The van der Waals surface area contributed by atoms with Gasteiger partial charge in [-0.25, -0.2) is 4.98 Å². The predicted molar refractivity (Wildman–Crippen MR) is 109 cm³/mol. The molecule has 27 heavy (non-hydrogen) atoms. The Morgan fingerprint density at radius 1 is 1.22 bits per heavy atom. The van der Waals surface area contributed by atoms with E-state index in [1.807, 2.05) is 49.6 Å². The molecule has 3 rings (SSSR count). The molecule has 142 valence electrons. The number of carbonyl (C=O) groups is 1. The third-order valence-corrected chi connectivity index (χ3v) is 5.44. The van der Waals surface area contributed by atoms with Gasteiger partial charge in [0.2, 0.25) is 5.91 Å². The van der Waals surface area contributed by atoms with Crippen LogP contribution in [0.25, 0.3) is 11.3 Å². The first kappa shape index (κ1) is 19.2. The van der Waals surface area contributed by atoms with Crippen molar-refractivity contribution in [1.29, 1.82) is 0 Å². The van der Waals surface area contributed by atoms with Gasteiger partial charge in [-0.1, -0.05) is 12.1 Å². The van der Waals surface area contributed by atoms with Crippen molar-refractivity contribution in [3.63, 3.8) is 0 Å². The number of benzene rings is 1. The van der Waals surface area contributed by atoms with E-state index in [0.717, 1.165) is 39.8 Å². The maximum absolute atomic E-state index is 12.4. The average molecular weight is 384 g/mol. The van der Waals surface area contributed by atoms with E-state index in [-0.39, 0.29) is 5.91 Å². The molecule has 0 radical (unpaired) electrons. The second kappa shape index (κ2) is 8.39. The minimum absolute atomic E-state index is 0.0197. The first-order chi connectivity index (χ1) is 13.0. The van der Waals surface area contributed by atoms with Gasteiger partial charge in [0, 0.05) is 28.9 Å². The summed E-state index contributed by atoms with van der Waals surface area (Å²) in [7, 11) is 1.65. The number of nitrogens with zero attached hydrogens (tertiary/aromatic N) is 2. The third kappa shape index (κ3) is 4.57. The number of hydrogen-bond donors (Lipinski definition) is 1. The molecule has 5 nitrogen and oxygen atoms in total. The number of methoxy groups -OCH3 is 1. The van der Waals surface area contributed by atoms with Crippen LogP contribution in [-0.2, 0) is 17.8 Å². The molecule has 0 bridgehead atoms. The number of aromatic nitrogens is 2. The van der Waals surface area contributed by atoms with Gasteiger partial charge in [-0.2, -0.15) is 0 Å². The summed E-state index contributed by atoms with van der Waals surface area (Å²) in [6.45, 7) is 7.01. The van der Waals surface area contributed by atoms with Crippen LogP contribution in [0, 0.1) is 20.8 Å². The van der Waals surface area contributed by atoms with Crippen molar-refractivity contribution in [1.82, 2.24) is 14.9 Å². The number of rotatable bonds is 7. The Balaban J connectivity index is 1.58. The molecular weight excluding hydrogens is 358 g/mol. The zero-order chi connectivity index (χ0) is 19.4. The lowest BCUT2D eigenvalue weighted by molar-refractivity contribution is -0.121. The van der Waals surface area contributed by atoms with Gasteiger partial charge < -0.3 is 14.6 Å². The number of carbonyl (C=O) groups excluding carboxylic acids is 1. The van der Waals surface area contributed by atoms with Crippen molar-refractivity contribution in [2.45, 2.75) is 33.7 Å². The molecule has 0 spiro atoms. The second-order valence-electron chi connectivity index (χ2n) is 6.57. The fraction of sp³-hybridized carbons (Fsp3) is 0.333. The zero-order valence-corrected chi connectivity index (χ0v) is 17.0. The summed E-state index contributed by atoms with van der Waals surface area (Å²) in [5.74, 6) is 0.860. The van der Waals surface area contributed by atoms with Crippen molar-refractivity contribution >= 4 is 17.2 Å². The molecule has 6 heteroatoms. The Kier molecular flexibility index (Phi) is 5.96. The normalized spacial score (nSPS) is 10.8. The highest BCUT2D eigenvalue weighted by Gasteiger charge is 2.15. The minimum atomic E-state index is 0.0197. The lowest BCUT2D eigenvalue weighted by Gasteiger charge is -2.11. The van der Waals surface area contributed by atoms with Crippen LogP contribution in [0.4, 0.5) is 0 Å². The summed E-state index contributed by atoms with van der Waals surface area (Å²) in [6, 6.07) is 10.0. The molecule has 0 saturated heterocycles. The standard InChI is InChI=1S/C21H25N3O2S/c1-14-11-19(20-13-27-16(3)23-20)15(2)24(14)12-21(25)22-10-9-17-5-7-18(26-4)8-6-17/h5-8,11,13H,9-10,12H2,1-4H3,(H,22,25). The molecule has 0 unspecified atom stereocenters. The number of thiazole rings is 1. The van der Waals surface area contributed by atoms with Crippen molar-refractivity contribution in [3.8, 4) is 17.0 Å². The topological polar surface area (TPSA) is 56.1 Å². The van der Waals surface area contributed by atoms with E-state index in [1.165, 1.54) is 5.56 Å². The number of amides is 1. The van der Waals surface area contributed by atoms with Crippen LogP contribution in [0.1, 0.15) is 22.0 Å². The van der Waals surface area contributed by atoms with Gasteiger partial charge in [0.15, 0.2) is 0 Å². The maximum atomic E-state index is 12.4. The summed E-state index contributed by atoms with van der Waals surface area (Å²) in [4.78, 5) is 17.0. The maximum Gasteiger partial charge on any atom is 0.239 e. The Labute approximate surface area is 164 Å². The van der Waals surface area contributed by atoms with Crippen LogP contribution in [0.3, 0.4) is 0 Å². The molecule has 0 aliphatic rings. The van der Waals surface area contributed by atoms with Gasteiger partial charge in [0.25, 0.3) is 0 Å². The largest absolute Gasteiger partial charge is 0.497 e. The molecule has 2 heterocycles. The fourth-order valence-electron chi connectivity index (χ4n) is 3.13. The predicted octanol–water partition coefficient (Wildman–Crippen LogP) is 3.90. The Morgan fingerprint density at radius 2 is 1.96 bits per heavy atom. The van der Waals surface area contributed by atoms with Crippen molar-refractivity contribution in [3.05, 3.63) is 57.7 Å². The van der Waals surface area contributed by atoms with E-state index >= 15 is 0 Å².